The lowest BCUT2D eigenvalue weighted by molar-refractivity contribution is 0.0317. The highest BCUT2D eigenvalue weighted by atomic mass is 16.6. The summed E-state index contributed by atoms with van der Waals surface area (Å²) in [7, 11) is 1.48. The first-order valence-electron chi connectivity index (χ1n) is 8.85. The van der Waals surface area contributed by atoms with Crippen LogP contribution in [0.4, 0.5) is 0 Å². The molecule has 27 heavy (non-hydrogen) atoms. The van der Waals surface area contributed by atoms with Gasteiger partial charge in [-0.1, -0.05) is 31.2 Å². The zero-order valence-corrected chi connectivity index (χ0v) is 15.6. The number of ether oxygens (including phenoxy) is 4. The number of aryl methyl sites for hydroxylation is 1. The van der Waals surface area contributed by atoms with Crippen LogP contribution in [0.5, 0.6) is 17.2 Å². The van der Waals surface area contributed by atoms with Crippen LogP contribution in [0.3, 0.4) is 0 Å². The summed E-state index contributed by atoms with van der Waals surface area (Å²) in [6.45, 7) is 4.40. The SMILES string of the molecule is CCc1ccc(C(=O)C(C)OC(=O)c2cc(OC)c3c(c2)OCCO3)cc1. The number of hydrogen-bond donors (Lipinski definition) is 0. The van der Waals surface area contributed by atoms with E-state index in [2.05, 4.69) is 0 Å². The van der Waals surface area contributed by atoms with E-state index in [0.717, 1.165) is 12.0 Å². The van der Waals surface area contributed by atoms with Crippen LogP contribution in [0.25, 0.3) is 0 Å². The molecule has 0 spiro atoms. The summed E-state index contributed by atoms with van der Waals surface area (Å²) >= 11 is 0. The van der Waals surface area contributed by atoms with Crippen molar-refractivity contribution in [1.82, 2.24) is 0 Å². The van der Waals surface area contributed by atoms with Crippen LogP contribution < -0.4 is 14.2 Å². The molecule has 1 heterocycles. The highest BCUT2D eigenvalue weighted by molar-refractivity contribution is 6.01. The van der Waals surface area contributed by atoms with Gasteiger partial charge in [-0.3, -0.25) is 4.79 Å². The summed E-state index contributed by atoms with van der Waals surface area (Å²) in [6, 6.07) is 10.3. The Bertz CT molecular complexity index is 823. The van der Waals surface area contributed by atoms with E-state index in [-0.39, 0.29) is 11.3 Å². The number of esters is 1. The Morgan fingerprint density at radius 2 is 1.78 bits per heavy atom. The van der Waals surface area contributed by atoms with Gasteiger partial charge in [-0.15, -0.1) is 0 Å². The molecule has 2 aromatic carbocycles. The van der Waals surface area contributed by atoms with Crippen LogP contribution in [0.1, 0.15) is 40.1 Å². The van der Waals surface area contributed by atoms with Crippen LogP contribution in [0.2, 0.25) is 0 Å². The molecule has 1 aliphatic heterocycles. The first-order valence-corrected chi connectivity index (χ1v) is 8.85. The third-order valence-electron chi connectivity index (χ3n) is 4.36. The highest BCUT2D eigenvalue weighted by Crippen LogP contribution is 2.40. The summed E-state index contributed by atoms with van der Waals surface area (Å²) in [6.07, 6.45) is -0.0190. The molecule has 0 amide bonds. The molecule has 1 unspecified atom stereocenters. The van der Waals surface area contributed by atoms with E-state index in [1.54, 1.807) is 19.1 Å². The van der Waals surface area contributed by atoms with Crippen molar-refractivity contribution in [1.29, 1.82) is 0 Å². The van der Waals surface area contributed by atoms with Gasteiger partial charge in [-0.05, 0) is 31.0 Å². The molecule has 6 heteroatoms. The smallest absolute Gasteiger partial charge is 0.339 e. The number of carbonyl (C=O) groups excluding carboxylic acids is 2. The fourth-order valence-corrected chi connectivity index (χ4v) is 2.81. The van der Waals surface area contributed by atoms with Crippen LogP contribution >= 0.6 is 0 Å². The van der Waals surface area contributed by atoms with Crippen molar-refractivity contribution in [3.05, 3.63) is 53.1 Å². The predicted molar refractivity (Wildman–Crippen MR) is 99.0 cm³/mol. The minimum absolute atomic E-state index is 0.233. The molecule has 1 aliphatic rings. The highest BCUT2D eigenvalue weighted by Gasteiger charge is 2.24. The molecule has 3 rings (SSSR count). The molecular formula is C21H22O6. The van der Waals surface area contributed by atoms with Crippen molar-refractivity contribution in [2.45, 2.75) is 26.4 Å². The first kappa shape index (κ1) is 18.8. The number of hydrogen-bond acceptors (Lipinski definition) is 6. The van der Waals surface area contributed by atoms with Gasteiger partial charge in [-0.2, -0.15) is 0 Å². The Morgan fingerprint density at radius 1 is 1.07 bits per heavy atom. The molecule has 6 nitrogen and oxygen atoms in total. The van der Waals surface area contributed by atoms with Crippen molar-refractivity contribution >= 4 is 11.8 Å². The number of ketones is 1. The molecule has 0 N–H and O–H groups in total. The van der Waals surface area contributed by atoms with Gasteiger partial charge in [0.25, 0.3) is 0 Å². The van der Waals surface area contributed by atoms with Gasteiger partial charge in [0.15, 0.2) is 17.6 Å². The van der Waals surface area contributed by atoms with Gasteiger partial charge in [-0.25, -0.2) is 4.79 Å². The van der Waals surface area contributed by atoms with Crippen LogP contribution in [-0.2, 0) is 11.2 Å². The van der Waals surface area contributed by atoms with Crippen molar-refractivity contribution in [2.24, 2.45) is 0 Å². The van der Waals surface area contributed by atoms with Gasteiger partial charge in [0.1, 0.15) is 13.2 Å². The van der Waals surface area contributed by atoms with E-state index in [4.69, 9.17) is 18.9 Å². The second kappa shape index (κ2) is 8.12. The van der Waals surface area contributed by atoms with E-state index >= 15 is 0 Å². The summed E-state index contributed by atoms with van der Waals surface area (Å²) in [4.78, 5) is 25.0. The zero-order chi connectivity index (χ0) is 19.4. The number of benzene rings is 2. The standard InChI is InChI=1S/C21H22O6/c1-4-14-5-7-15(8-6-14)19(22)13(2)27-21(23)16-11-17(24-3)20-18(12-16)25-9-10-26-20/h5-8,11-13H,4,9-10H2,1-3H3. The van der Waals surface area contributed by atoms with Crippen molar-refractivity contribution in [2.75, 3.05) is 20.3 Å². The number of rotatable bonds is 6. The monoisotopic (exact) mass is 370 g/mol. The molecule has 0 radical (unpaired) electrons. The summed E-state index contributed by atoms with van der Waals surface area (Å²) in [5, 5.41) is 0. The lowest BCUT2D eigenvalue weighted by Gasteiger charge is -2.21. The second-order valence-electron chi connectivity index (χ2n) is 6.16. The van der Waals surface area contributed by atoms with Crippen molar-refractivity contribution in [3.63, 3.8) is 0 Å². The molecule has 0 aliphatic carbocycles. The zero-order valence-electron chi connectivity index (χ0n) is 15.6. The lowest BCUT2D eigenvalue weighted by Crippen LogP contribution is -2.24. The number of fused-ring (bicyclic) bond motifs is 1. The van der Waals surface area contributed by atoms with Crippen molar-refractivity contribution < 1.29 is 28.5 Å². The van der Waals surface area contributed by atoms with E-state index in [1.165, 1.54) is 19.2 Å². The average molecular weight is 370 g/mol. The molecule has 1 atom stereocenters. The molecule has 142 valence electrons. The maximum absolute atomic E-state index is 12.5. The second-order valence-corrected chi connectivity index (χ2v) is 6.16. The molecule has 0 aromatic heterocycles. The Kier molecular flexibility index (Phi) is 5.64. The fourth-order valence-electron chi connectivity index (χ4n) is 2.81. The van der Waals surface area contributed by atoms with Gasteiger partial charge >= 0.3 is 5.97 Å². The molecular weight excluding hydrogens is 348 g/mol. The van der Waals surface area contributed by atoms with E-state index in [9.17, 15) is 9.59 Å². The molecule has 0 fully saturated rings. The van der Waals surface area contributed by atoms with Crippen LogP contribution in [-0.4, -0.2) is 38.2 Å². The Morgan fingerprint density at radius 3 is 2.44 bits per heavy atom. The quantitative estimate of drug-likeness (QED) is 0.573. The number of carbonyl (C=O) groups is 2. The van der Waals surface area contributed by atoms with Gasteiger partial charge in [0, 0.05) is 5.56 Å². The van der Waals surface area contributed by atoms with E-state index in [1.807, 2.05) is 19.1 Å². The maximum atomic E-state index is 12.5. The third-order valence-corrected chi connectivity index (χ3v) is 4.36. The fraction of sp³-hybridized carbons (Fsp3) is 0.333. The summed E-state index contributed by atoms with van der Waals surface area (Å²) in [5.74, 6) is 0.377. The molecule has 2 aromatic rings. The molecule has 0 saturated carbocycles. The predicted octanol–water partition coefficient (Wildman–Crippen LogP) is 3.46. The minimum atomic E-state index is -0.913. The van der Waals surface area contributed by atoms with E-state index < -0.39 is 12.1 Å². The number of methoxy groups -OCH3 is 1. The Labute approximate surface area is 158 Å². The van der Waals surface area contributed by atoms with Crippen molar-refractivity contribution in [3.8, 4) is 17.2 Å². The Hall–Kier alpha value is -3.02. The third kappa shape index (κ3) is 4.05. The minimum Gasteiger partial charge on any atom is -0.493 e. The lowest BCUT2D eigenvalue weighted by atomic mass is 10.0. The first-order chi connectivity index (χ1) is 13.0. The van der Waals surface area contributed by atoms with Gasteiger partial charge in [0.05, 0.1) is 12.7 Å². The summed E-state index contributed by atoms with van der Waals surface area (Å²) < 4.78 is 21.7. The summed E-state index contributed by atoms with van der Waals surface area (Å²) in [5.41, 5.74) is 1.88. The van der Waals surface area contributed by atoms with Gasteiger partial charge < -0.3 is 18.9 Å². The molecule has 0 saturated heterocycles. The largest absolute Gasteiger partial charge is 0.493 e. The van der Waals surface area contributed by atoms with Crippen LogP contribution in [0.15, 0.2) is 36.4 Å². The normalized spacial score (nSPS) is 13.6. The maximum Gasteiger partial charge on any atom is 0.339 e. The van der Waals surface area contributed by atoms with Gasteiger partial charge in [0.2, 0.25) is 11.5 Å². The average Bonchev–Trinajstić information content (AvgIpc) is 2.72. The number of Topliss-reactive ketones (excluding diaryl/α,β-unsaturated/α-hetero) is 1. The van der Waals surface area contributed by atoms with Crippen LogP contribution in [0, 0.1) is 0 Å². The Balaban J connectivity index is 1.75. The van der Waals surface area contributed by atoms with E-state index in [0.29, 0.717) is 36.0 Å². The molecule has 0 bridgehead atoms. The topological polar surface area (TPSA) is 71.1 Å².